The molecule has 1 aliphatic carbocycles. The van der Waals surface area contributed by atoms with Crippen molar-refractivity contribution in [2.75, 3.05) is 10.6 Å². The molecule has 0 spiro atoms. The van der Waals surface area contributed by atoms with E-state index in [1.54, 1.807) is 0 Å². The fourth-order valence-electron chi connectivity index (χ4n) is 3.88. The van der Waals surface area contributed by atoms with E-state index < -0.39 is 6.04 Å². The Morgan fingerprint density at radius 3 is 2.17 bits per heavy atom. The zero-order valence-electron chi connectivity index (χ0n) is 18.0. The van der Waals surface area contributed by atoms with Crippen molar-refractivity contribution >= 4 is 23.2 Å². The van der Waals surface area contributed by atoms with Crippen LogP contribution in [0.4, 0.5) is 11.4 Å². The van der Waals surface area contributed by atoms with Crippen molar-refractivity contribution in [1.29, 1.82) is 0 Å². The molecule has 3 N–H and O–H groups in total. The molecule has 0 saturated heterocycles. The van der Waals surface area contributed by atoms with Crippen LogP contribution in [0.25, 0.3) is 0 Å². The van der Waals surface area contributed by atoms with E-state index in [9.17, 15) is 9.59 Å². The molecule has 1 aliphatic rings. The lowest BCUT2D eigenvalue weighted by Gasteiger charge is -2.24. The molecule has 0 aliphatic heterocycles. The van der Waals surface area contributed by atoms with Gasteiger partial charge in [-0.15, -0.1) is 0 Å². The molecule has 30 heavy (non-hydrogen) atoms. The van der Waals surface area contributed by atoms with E-state index in [2.05, 4.69) is 16.0 Å². The Morgan fingerprint density at radius 2 is 1.53 bits per heavy atom. The Hall–Kier alpha value is -2.82. The van der Waals surface area contributed by atoms with Crippen molar-refractivity contribution in [1.82, 2.24) is 5.32 Å². The van der Waals surface area contributed by atoms with Gasteiger partial charge in [-0.1, -0.05) is 63.4 Å². The highest BCUT2D eigenvalue weighted by Crippen LogP contribution is 2.23. The SMILES string of the molecule is CC(C)CC(=O)NC(C(=O)Nc1ccc(NC2CCCCC2)cc1)c1ccccc1. The van der Waals surface area contributed by atoms with Gasteiger partial charge in [-0.2, -0.15) is 0 Å². The van der Waals surface area contributed by atoms with Gasteiger partial charge in [-0.05, 0) is 48.6 Å². The van der Waals surface area contributed by atoms with Gasteiger partial charge in [-0.3, -0.25) is 9.59 Å². The van der Waals surface area contributed by atoms with Gasteiger partial charge < -0.3 is 16.0 Å². The summed E-state index contributed by atoms with van der Waals surface area (Å²) in [5.41, 5.74) is 2.56. The molecular weight excluding hydrogens is 374 g/mol. The van der Waals surface area contributed by atoms with Crippen LogP contribution in [0.5, 0.6) is 0 Å². The molecule has 1 saturated carbocycles. The molecule has 1 unspecified atom stereocenters. The first kappa shape index (κ1) is 21.9. The minimum atomic E-state index is -0.725. The van der Waals surface area contributed by atoms with Crippen LogP contribution >= 0.6 is 0 Å². The highest BCUT2D eigenvalue weighted by atomic mass is 16.2. The predicted octanol–water partition coefficient (Wildman–Crippen LogP) is 5.27. The van der Waals surface area contributed by atoms with Gasteiger partial charge in [0.15, 0.2) is 0 Å². The van der Waals surface area contributed by atoms with Crippen molar-refractivity contribution in [3.63, 3.8) is 0 Å². The maximum atomic E-state index is 13.0. The van der Waals surface area contributed by atoms with Crippen LogP contribution in [-0.4, -0.2) is 17.9 Å². The molecular formula is C25H33N3O2. The molecule has 3 rings (SSSR count). The summed E-state index contributed by atoms with van der Waals surface area (Å²) in [5, 5.41) is 9.42. The second kappa shape index (κ2) is 10.8. The van der Waals surface area contributed by atoms with Gasteiger partial charge >= 0.3 is 0 Å². The van der Waals surface area contributed by atoms with Crippen LogP contribution in [0, 0.1) is 5.92 Å². The summed E-state index contributed by atoms with van der Waals surface area (Å²) in [6, 6.07) is 17.0. The van der Waals surface area contributed by atoms with Crippen molar-refractivity contribution in [2.45, 2.75) is 64.5 Å². The van der Waals surface area contributed by atoms with Gasteiger partial charge in [0, 0.05) is 23.8 Å². The second-order valence-corrected chi connectivity index (χ2v) is 8.56. The third-order valence-electron chi connectivity index (χ3n) is 5.42. The fraction of sp³-hybridized carbons (Fsp3) is 0.440. The Morgan fingerprint density at radius 1 is 0.900 bits per heavy atom. The van der Waals surface area contributed by atoms with E-state index in [1.165, 1.54) is 32.1 Å². The largest absolute Gasteiger partial charge is 0.382 e. The molecule has 0 radical (unpaired) electrons. The molecule has 5 heteroatoms. The number of rotatable bonds is 8. The van der Waals surface area contributed by atoms with Crippen LogP contribution < -0.4 is 16.0 Å². The molecule has 1 fully saturated rings. The number of anilines is 2. The maximum Gasteiger partial charge on any atom is 0.251 e. The minimum absolute atomic E-state index is 0.124. The zero-order chi connectivity index (χ0) is 21.3. The van der Waals surface area contributed by atoms with Crippen molar-refractivity contribution in [2.24, 2.45) is 5.92 Å². The maximum absolute atomic E-state index is 13.0. The molecule has 2 aromatic rings. The average Bonchev–Trinajstić information content (AvgIpc) is 2.74. The topological polar surface area (TPSA) is 70.2 Å². The summed E-state index contributed by atoms with van der Waals surface area (Å²) in [6.07, 6.45) is 6.72. The van der Waals surface area contributed by atoms with E-state index in [0.29, 0.717) is 18.2 Å². The Labute approximate surface area is 179 Å². The number of carbonyl (C=O) groups is 2. The standard InChI is InChI=1S/C25H33N3O2/c1-18(2)17-23(29)28-24(19-9-5-3-6-10-19)25(30)27-22-15-13-21(14-16-22)26-20-11-7-4-8-12-20/h3,5-6,9-10,13-16,18,20,24,26H,4,7-8,11-12,17H2,1-2H3,(H,27,30)(H,28,29). The minimum Gasteiger partial charge on any atom is -0.382 e. The molecule has 160 valence electrons. The molecule has 0 heterocycles. The zero-order valence-corrected chi connectivity index (χ0v) is 18.0. The van der Waals surface area contributed by atoms with Crippen LogP contribution in [0.3, 0.4) is 0 Å². The van der Waals surface area contributed by atoms with E-state index in [-0.39, 0.29) is 17.7 Å². The van der Waals surface area contributed by atoms with Crippen LogP contribution in [0.2, 0.25) is 0 Å². The molecule has 5 nitrogen and oxygen atoms in total. The monoisotopic (exact) mass is 407 g/mol. The molecule has 2 amide bonds. The lowest BCUT2D eigenvalue weighted by atomic mass is 9.95. The van der Waals surface area contributed by atoms with E-state index >= 15 is 0 Å². The Bertz CT molecular complexity index is 812. The van der Waals surface area contributed by atoms with Crippen molar-refractivity contribution < 1.29 is 9.59 Å². The molecule has 2 aromatic carbocycles. The third-order valence-corrected chi connectivity index (χ3v) is 5.42. The first-order chi connectivity index (χ1) is 14.5. The van der Waals surface area contributed by atoms with E-state index in [4.69, 9.17) is 0 Å². The van der Waals surface area contributed by atoms with Gasteiger partial charge in [0.05, 0.1) is 0 Å². The number of nitrogens with one attached hydrogen (secondary N) is 3. The highest BCUT2D eigenvalue weighted by molar-refractivity contribution is 5.98. The normalized spacial score (nSPS) is 15.4. The van der Waals surface area contributed by atoms with Gasteiger partial charge in [0.1, 0.15) is 6.04 Å². The molecule has 0 aromatic heterocycles. The van der Waals surface area contributed by atoms with E-state index in [1.807, 2.05) is 68.4 Å². The van der Waals surface area contributed by atoms with Crippen LogP contribution in [-0.2, 0) is 9.59 Å². The predicted molar refractivity (Wildman–Crippen MR) is 122 cm³/mol. The lowest BCUT2D eigenvalue weighted by molar-refractivity contribution is -0.127. The van der Waals surface area contributed by atoms with E-state index in [0.717, 1.165) is 11.3 Å². The number of amides is 2. The Kier molecular flexibility index (Phi) is 7.89. The quantitative estimate of drug-likeness (QED) is 0.558. The number of hydrogen-bond acceptors (Lipinski definition) is 3. The third kappa shape index (κ3) is 6.61. The van der Waals surface area contributed by atoms with Crippen molar-refractivity contribution in [3.05, 3.63) is 60.2 Å². The first-order valence-corrected chi connectivity index (χ1v) is 11.0. The fourth-order valence-corrected chi connectivity index (χ4v) is 3.88. The summed E-state index contributed by atoms with van der Waals surface area (Å²) in [4.78, 5) is 25.3. The smallest absolute Gasteiger partial charge is 0.251 e. The number of hydrogen-bond donors (Lipinski definition) is 3. The van der Waals surface area contributed by atoms with Gasteiger partial charge in [0.25, 0.3) is 5.91 Å². The van der Waals surface area contributed by atoms with Crippen molar-refractivity contribution in [3.8, 4) is 0 Å². The lowest BCUT2D eigenvalue weighted by Crippen LogP contribution is -2.37. The summed E-state index contributed by atoms with van der Waals surface area (Å²) in [6.45, 7) is 3.97. The van der Waals surface area contributed by atoms with Gasteiger partial charge in [-0.25, -0.2) is 0 Å². The summed E-state index contributed by atoms with van der Waals surface area (Å²) in [5.74, 6) is -0.138. The molecule has 1 atom stereocenters. The van der Waals surface area contributed by atoms with Crippen LogP contribution in [0.15, 0.2) is 54.6 Å². The summed E-state index contributed by atoms with van der Waals surface area (Å²) in [7, 11) is 0. The number of benzene rings is 2. The number of carbonyl (C=O) groups excluding carboxylic acids is 2. The van der Waals surface area contributed by atoms with Gasteiger partial charge in [0.2, 0.25) is 5.91 Å². The van der Waals surface area contributed by atoms with Crippen LogP contribution in [0.1, 0.15) is 64.0 Å². The Balaban J connectivity index is 1.64. The highest BCUT2D eigenvalue weighted by Gasteiger charge is 2.23. The first-order valence-electron chi connectivity index (χ1n) is 11.0. The second-order valence-electron chi connectivity index (χ2n) is 8.56. The summed E-state index contributed by atoms with van der Waals surface area (Å²) >= 11 is 0. The summed E-state index contributed by atoms with van der Waals surface area (Å²) < 4.78 is 0. The average molecular weight is 408 g/mol. The molecule has 0 bridgehead atoms.